The lowest BCUT2D eigenvalue weighted by molar-refractivity contribution is 0.190. The van der Waals surface area contributed by atoms with Gasteiger partial charge in [0.2, 0.25) is 0 Å². The third kappa shape index (κ3) is 4.22. The number of hydrogen-bond acceptors (Lipinski definition) is 3. The van der Waals surface area contributed by atoms with E-state index in [1.54, 1.807) is 0 Å². The van der Waals surface area contributed by atoms with Crippen LogP contribution in [0.15, 0.2) is 24.3 Å². The fraction of sp³-hybridized carbons (Fsp3) is 0.647. The molecule has 1 atom stereocenters. The van der Waals surface area contributed by atoms with E-state index in [0.717, 1.165) is 25.4 Å². The number of nitrogens with zero attached hydrogens (tertiary/aromatic N) is 2. The molecule has 2 rings (SSSR count). The minimum Gasteiger partial charge on any atom is -0.494 e. The predicted molar refractivity (Wildman–Crippen MR) is 84.2 cm³/mol. The minimum absolute atomic E-state index is 0.439. The second-order valence-corrected chi connectivity index (χ2v) is 6.55. The quantitative estimate of drug-likeness (QED) is 0.794. The molecule has 0 bridgehead atoms. The summed E-state index contributed by atoms with van der Waals surface area (Å²) in [4.78, 5) is 4.87. The molecule has 0 N–H and O–H groups in total. The van der Waals surface area contributed by atoms with E-state index in [1.165, 1.54) is 25.1 Å². The third-order valence-electron chi connectivity index (χ3n) is 4.09. The van der Waals surface area contributed by atoms with Gasteiger partial charge in [-0.25, -0.2) is 0 Å². The molecule has 0 saturated carbocycles. The Labute approximate surface area is 123 Å². The second kappa shape index (κ2) is 6.59. The molecular weight excluding hydrogens is 248 g/mol. The first-order valence-electron chi connectivity index (χ1n) is 7.59. The molecule has 1 aromatic carbocycles. The van der Waals surface area contributed by atoms with Crippen molar-refractivity contribution in [2.45, 2.75) is 26.8 Å². The Hall–Kier alpha value is -1.06. The highest BCUT2D eigenvalue weighted by atomic mass is 16.5. The first kappa shape index (κ1) is 15.3. The van der Waals surface area contributed by atoms with Crippen molar-refractivity contribution in [3.63, 3.8) is 0 Å². The average Bonchev–Trinajstić information content (AvgIpc) is 2.71. The molecule has 1 fully saturated rings. The van der Waals surface area contributed by atoms with Crippen molar-refractivity contribution in [3.05, 3.63) is 29.8 Å². The van der Waals surface area contributed by atoms with Gasteiger partial charge in [-0.3, -0.25) is 0 Å². The first-order chi connectivity index (χ1) is 9.50. The average molecular weight is 276 g/mol. The highest BCUT2D eigenvalue weighted by Crippen LogP contribution is 2.30. The summed E-state index contributed by atoms with van der Waals surface area (Å²) >= 11 is 0. The molecule has 0 radical (unpaired) electrons. The van der Waals surface area contributed by atoms with Crippen LogP contribution in [0.25, 0.3) is 0 Å². The van der Waals surface area contributed by atoms with Gasteiger partial charge in [-0.2, -0.15) is 0 Å². The molecule has 0 amide bonds. The van der Waals surface area contributed by atoms with Crippen LogP contribution in [-0.4, -0.2) is 50.1 Å². The van der Waals surface area contributed by atoms with E-state index < -0.39 is 0 Å². The van der Waals surface area contributed by atoms with Crippen molar-refractivity contribution in [1.29, 1.82) is 0 Å². The van der Waals surface area contributed by atoms with Crippen LogP contribution in [0, 0.1) is 5.41 Å². The minimum atomic E-state index is 0.439. The molecule has 1 aliphatic rings. The molecule has 1 aliphatic heterocycles. The van der Waals surface area contributed by atoms with Crippen LogP contribution in [0.2, 0.25) is 0 Å². The van der Waals surface area contributed by atoms with E-state index in [1.807, 2.05) is 6.92 Å². The molecule has 3 heteroatoms. The molecule has 0 aliphatic carbocycles. The topological polar surface area (TPSA) is 15.7 Å². The maximum atomic E-state index is 5.48. The molecule has 112 valence electrons. The molecule has 0 spiro atoms. The lowest BCUT2D eigenvalue weighted by Crippen LogP contribution is -2.35. The summed E-state index contributed by atoms with van der Waals surface area (Å²) in [7, 11) is 4.44. The summed E-state index contributed by atoms with van der Waals surface area (Å²) in [6.07, 6.45) is 1.30. The van der Waals surface area contributed by atoms with Crippen molar-refractivity contribution in [3.8, 4) is 5.75 Å². The van der Waals surface area contributed by atoms with E-state index >= 15 is 0 Å². The molecule has 20 heavy (non-hydrogen) atoms. The Bertz CT molecular complexity index is 418. The van der Waals surface area contributed by atoms with Gasteiger partial charge in [0, 0.05) is 19.6 Å². The van der Waals surface area contributed by atoms with Crippen molar-refractivity contribution >= 4 is 0 Å². The predicted octanol–water partition coefficient (Wildman–Crippen LogP) is 2.86. The maximum absolute atomic E-state index is 5.48. The maximum Gasteiger partial charge on any atom is 0.119 e. The number of rotatable bonds is 6. The zero-order chi connectivity index (χ0) is 14.6. The Morgan fingerprint density at radius 2 is 2.00 bits per heavy atom. The van der Waals surface area contributed by atoms with E-state index in [2.05, 4.69) is 55.1 Å². The van der Waals surface area contributed by atoms with Crippen LogP contribution in [0.1, 0.15) is 25.8 Å². The van der Waals surface area contributed by atoms with Crippen molar-refractivity contribution in [2.24, 2.45) is 5.41 Å². The van der Waals surface area contributed by atoms with E-state index in [4.69, 9.17) is 4.74 Å². The SMILES string of the molecule is CCOc1ccc(CN(C)CC2(C)CCN(C)C2)cc1. The normalized spacial score (nSPS) is 23.4. The summed E-state index contributed by atoms with van der Waals surface area (Å²) in [6, 6.07) is 8.48. The van der Waals surface area contributed by atoms with Gasteiger partial charge >= 0.3 is 0 Å². The fourth-order valence-electron chi connectivity index (χ4n) is 3.28. The monoisotopic (exact) mass is 276 g/mol. The van der Waals surface area contributed by atoms with E-state index in [-0.39, 0.29) is 0 Å². The highest BCUT2D eigenvalue weighted by Gasteiger charge is 2.32. The van der Waals surface area contributed by atoms with Crippen LogP contribution in [0.4, 0.5) is 0 Å². The number of ether oxygens (including phenoxy) is 1. The Balaban J connectivity index is 1.86. The lowest BCUT2D eigenvalue weighted by Gasteiger charge is -2.30. The van der Waals surface area contributed by atoms with Gasteiger partial charge in [-0.15, -0.1) is 0 Å². The molecule has 3 nitrogen and oxygen atoms in total. The van der Waals surface area contributed by atoms with Gasteiger partial charge in [0.1, 0.15) is 5.75 Å². The molecule has 1 heterocycles. The van der Waals surface area contributed by atoms with Gasteiger partial charge in [0.15, 0.2) is 0 Å². The van der Waals surface area contributed by atoms with Crippen LogP contribution in [-0.2, 0) is 6.54 Å². The largest absolute Gasteiger partial charge is 0.494 e. The van der Waals surface area contributed by atoms with Gasteiger partial charge in [-0.1, -0.05) is 19.1 Å². The summed E-state index contributed by atoms with van der Waals surface area (Å²) in [5.41, 5.74) is 1.79. The fourth-order valence-corrected chi connectivity index (χ4v) is 3.28. The third-order valence-corrected chi connectivity index (χ3v) is 4.09. The van der Waals surface area contributed by atoms with Gasteiger partial charge < -0.3 is 14.5 Å². The van der Waals surface area contributed by atoms with Gasteiger partial charge in [0.05, 0.1) is 6.61 Å². The van der Waals surface area contributed by atoms with Crippen LogP contribution < -0.4 is 4.74 Å². The van der Waals surface area contributed by atoms with E-state index in [9.17, 15) is 0 Å². The molecule has 1 aromatic rings. The number of hydrogen-bond donors (Lipinski definition) is 0. The number of likely N-dealkylation sites (tertiary alicyclic amines) is 1. The molecule has 0 aromatic heterocycles. The standard InChI is InChI=1S/C17H28N2O/c1-5-20-16-8-6-15(7-9-16)12-19(4)14-17(2)10-11-18(3)13-17/h6-9H,5,10-14H2,1-4H3. The van der Waals surface area contributed by atoms with Crippen molar-refractivity contribution < 1.29 is 4.74 Å². The summed E-state index contributed by atoms with van der Waals surface area (Å²) in [6.45, 7) is 9.75. The Morgan fingerprint density at radius 3 is 2.55 bits per heavy atom. The second-order valence-electron chi connectivity index (χ2n) is 6.55. The Kier molecular flexibility index (Phi) is 5.06. The molecular formula is C17H28N2O. The first-order valence-corrected chi connectivity index (χ1v) is 7.59. The summed E-state index contributed by atoms with van der Waals surface area (Å²) < 4.78 is 5.48. The number of benzene rings is 1. The van der Waals surface area contributed by atoms with Crippen LogP contribution >= 0.6 is 0 Å². The molecule has 1 saturated heterocycles. The molecule has 1 unspecified atom stereocenters. The summed E-state index contributed by atoms with van der Waals surface area (Å²) in [5.74, 6) is 0.961. The van der Waals surface area contributed by atoms with Gasteiger partial charge in [-0.05, 0) is 57.1 Å². The summed E-state index contributed by atoms with van der Waals surface area (Å²) in [5, 5.41) is 0. The Morgan fingerprint density at radius 1 is 1.30 bits per heavy atom. The van der Waals surface area contributed by atoms with Crippen LogP contribution in [0.5, 0.6) is 5.75 Å². The van der Waals surface area contributed by atoms with E-state index in [0.29, 0.717) is 5.41 Å². The lowest BCUT2D eigenvalue weighted by atomic mass is 9.89. The van der Waals surface area contributed by atoms with Gasteiger partial charge in [0.25, 0.3) is 0 Å². The van der Waals surface area contributed by atoms with Crippen molar-refractivity contribution in [2.75, 3.05) is 40.3 Å². The van der Waals surface area contributed by atoms with Crippen LogP contribution in [0.3, 0.4) is 0 Å². The zero-order valence-electron chi connectivity index (χ0n) is 13.4. The smallest absolute Gasteiger partial charge is 0.119 e. The van der Waals surface area contributed by atoms with Crippen molar-refractivity contribution in [1.82, 2.24) is 9.80 Å². The highest BCUT2D eigenvalue weighted by molar-refractivity contribution is 5.27. The zero-order valence-corrected chi connectivity index (χ0v) is 13.4.